The zero-order valence-electron chi connectivity index (χ0n) is 11.6. The van der Waals surface area contributed by atoms with E-state index in [2.05, 4.69) is 0 Å². The minimum absolute atomic E-state index is 0.0552. The van der Waals surface area contributed by atoms with E-state index >= 15 is 0 Å². The van der Waals surface area contributed by atoms with Crippen molar-refractivity contribution in [3.8, 4) is 0 Å². The van der Waals surface area contributed by atoms with E-state index in [1.807, 2.05) is 19.9 Å². The van der Waals surface area contributed by atoms with Gasteiger partial charge in [-0.15, -0.1) is 0 Å². The van der Waals surface area contributed by atoms with Crippen molar-refractivity contribution in [2.45, 2.75) is 44.0 Å². The van der Waals surface area contributed by atoms with E-state index < -0.39 is 10.0 Å². The summed E-state index contributed by atoms with van der Waals surface area (Å²) in [6.07, 6.45) is 2.84. The lowest BCUT2D eigenvalue weighted by Gasteiger charge is -2.34. The van der Waals surface area contributed by atoms with Crippen LogP contribution in [0.5, 0.6) is 0 Å². The molecule has 106 valence electrons. The van der Waals surface area contributed by atoms with Crippen molar-refractivity contribution in [1.29, 1.82) is 0 Å². The average molecular weight is 282 g/mol. The van der Waals surface area contributed by atoms with Gasteiger partial charge in [0, 0.05) is 19.1 Å². The summed E-state index contributed by atoms with van der Waals surface area (Å²) in [5, 5.41) is 0. The minimum atomic E-state index is -3.41. The highest BCUT2D eigenvalue weighted by molar-refractivity contribution is 7.89. The van der Waals surface area contributed by atoms with Gasteiger partial charge < -0.3 is 5.73 Å². The largest absolute Gasteiger partial charge is 0.329 e. The highest BCUT2D eigenvalue weighted by Crippen LogP contribution is 2.25. The standard InChI is InChI=1S/C14H22N2O2S/c1-11-6-7-14(9-12(11)2)19(17,18)16-8-4-3-5-13(16)10-15/h6-7,9,13H,3-5,8,10,15H2,1-2H3/t13-/m1/s1. The smallest absolute Gasteiger partial charge is 0.243 e. The molecule has 1 aliphatic heterocycles. The number of piperidine rings is 1. The lowest BCUT2D eigenvalue weighted by atomic mass is 10.1. The van der Waals surface area contributed by atoms with Gasteiger partial charge in [-0.05, 0) is 49.9 Å². The first-order chi connectivity index (χ1) is 8.96. The molecule has 19 heavy (non-hydrogen) atoms. The van der Waals surface area contributed by atoms with Gasteiger partial charge in [-0.2, -0.15) is 4.31 Å². The molecular formula is C14H22N2O2S. The summed E-state index contributed by atoms with van der Waals surface area (Å²) in [5.74, 6) is 0. The van der Waals surface area contributed by atoms with E-state index in [0.717, 1.165) is 30.4 Å². The summed E-state index contributed by atoms with van der Waals surface area (Å²) in [7, 11) is -3.41. The van der Waals surface area contributed by atoms with Crippen LogP contribution in [0, 0.1) is 13.8 Å². The second-order valence-corrected chi connectivity index (χ2v) is 7.14. The zero-order chi connectivity index (χ0) is 14.0. The van der Waals surface area contributed by atoms with E-state index in [0.29, 0.717) is 18.0 Å². The maximum atomic E-state index is 12.7. The van der Waals surface area contributed by atoms with Gasteiger partial charge in [-0.1, -0.05) is 12.5 Å². The van der Waals surface area contributed by atoms with Crippen LogP contribution in [0.4, 0.5) is 0 Å². The molecule has 0 bridgehead atoms. The van der Waals surface area contributed by atoms with Gasteiger partial charge in [0.2, 0.25) is 10.0 Å². The van der Waals surface area contributed by atoms with Crippen LogP contribution in [0.15, 0.2) is 23.1 Å². The van der Waals surface area contributed by atoms with Gasteiger partial charge in [-0.25, -0.2) is 8.42 Å². The van der Waals surface area contributed by atoms with Crippen LogP contribution in [0.3, 0.4) is 0 Å². The SMILES string of the molecule is Cc1ccc(S(=O)(=O)N2CCCC[C@@H]2CN)cc1C. The summed E-state index contributed by atoms with van der Waals surface area (Å²) in [4.78, 5) is 0.385. The molecule has 2 rings (SSSR count). The summed E-state index contributed by atoms with van der Waals surface area (Å²) >= 11 is 0. The van der Waals surface area contributed by atoms with Crippen LogP contribution < -0.4 is 5.73 Å². The number of nitrogens with two attached hydrogens (primary N) is 1. The minimum Gasteiger partial charge on any atom is -0.329 e. The Hall–Kier alpha value is -0.910. The van der Waals surface area contributed by atoms with Crippen molar-refractivity contribution < 1.29 is 8.42 Å². The highest BCUT2D eigenvalue weighted by atomic mass is 32.2. The van der Waals surface area contributed by atoms with Crippen LogP contribution in [-0.2, 0) is 10.0 Å². The molecule has 0 unspecified atom stereocenters. The fourth-order valence-electron chi connectivity index (χ4n) is 2.54. The number of hydrogen-bond donors (Lipinski definition) is 1. The van der Waals surface area contributed by atoms with Gasteiger partial charge >= 0.3 is 0 Å². The maximum absolute atomic E-state index is 12.7. The Balaban J connectivity index is 2.37. The molecular weight excluding hydrogens is 260 g/mol. The fraction of sp³-hybridized carbons (Fsp3) is 0.571. The Morgan fingerprint density at radius 3 is 2.63 bits per heavy atom. The van der Waals surface area contributed by atoms with Gasteiger partial charge in [0.15, 0.2) is 0 Å². The summed E-state index contributed by atoms with van der Waals surface area (Å²) in [5.41, 5.74) is 7.82. The zero-order valence-corrected chi connectivity index (χ0v) is 12.4. The van der Waals surface area contributed by atoms with Gasteiger partial charge in [-0.3, -0.25) is 0 Å². The van der Waals surface area contributed by atoms with Gasteiger partial charge in [0.05, 0.1) is 4.90 Å². The molecule has 0 aliphatic carbocycles. The van der Waals surface area contributed by atoms with Crippen molar-refractivity contribution >= 4 is 10.0 Å². The van der Waals surface area contributed by atoms with Crippen LogP contribution >= 0.6 is 0 Å². The average Bonchev–Trinajstić information content (AvgIpc) is 2.41. The summed E-state index contributed by atoms with van der Waals surface area (Å²) < 4.78 is 27.0. The molecule has 5 heteroatoms. The van der Waals surface area contributed by atoms with E-state index in [4.69, 9.17) is 5.73 Å². The van der Waals surface area contributed by atoms with Crippen molar-refractivity contribution in [3.63, 3.8) is 0 Å². The number of sulfonamides is 1. The topological polar surface area (TPSA) is 63.4 Å². The summed E-state index contributed by atoms with van der Waals surface area (Å²) in [6, 6.07) is 5.26. The Morgan fingerprint density at radius 1 is 1.26 bits per heavy atom. The van der Waals surface area contributed by atoms with E-state index in [-0.39, 0.29) is 6.04 Å². The van der Waals surface area contributed by atoms with E-state index in [9.17, 15) is 8.42 Å². The molecule has 1 aromatic carbocycles. The summed E-state index contributed by atoms with van der Waals surface area (Å²) in [6.45, 7) is 4.89. The highest BCUT2D eigenvalue weighted by Gasteiger charge is 2.32. The molecule has 1 aromatic rings. The third-order valence-corrected chi connectivity index (χ3v) is 5.88. The fourth-order valence-corrected chi connectivity index (χ4v) is 4.33. The quantitative estimate of drug-likeness (QED) is 0.919. The van der Waals surface area contributed by atoms with Crippen LogP contribution in [-0.4, -0.2) is 31.9 Å². The molecule has 0 saturated carbocycles. The lowest BCUT2D eigenvalue weighted by Crippen LogP contribution is -2.47. The van der Waals surface area contributed by atoms with Crippen molar-refractivity contribution in [2.75, 3.05) is 13.1 Å². The van der Waals surface area contributed by atoms with Crippen molar-refractivity contribution in [1.82, 2.24) is 4.31 Å². The van der Waals surface area contributed by atoms with Crippen LogP contribution in [0.1, 0.15) is 30.4 Å². The number of hydrogen-bond acceptors (Lipinski definition) is 3. The molecule has 0 spiro atoms. The molecule has 0 amide bonds. The molecule has 1 saturated heterocycles. The molecule has 1 aliphatic rings. The second kappa shape index (κ2) is 5.61. The second-order valence-electron chi connectivity index (χ2n) is 5.25. The lowest BCUT2D eigenvalue weighted by molar-refractivity contribution is 0.257. The predicted octanol–water partition coefficient (Wildman–Crippen LogP) is 1.81. The molecule has 1 atom stereocenters. The first-order valence-electron chi connectivity index (χ1n) is 6.76. The number of nitrogens with zero attached hydrogens (tertiary/aromatic N) is 1. The third kappa shape index (κ3) is 2.83. The Morgan fingerprint density at radius 2 is 2.00 bits per heavy atom. The molecule has 1 heterocycles. The van der Waals surface area contributed by atoms with Crippen molar-refractivity contribution in [3.05, 3.63) is 29.3 Å². The Labute approximate surface area is 115 Å². The van der Waals surface area contributed by atoms with Crippen LogP contribution in [0.2, 0.25) is 0 Å². The molecule has 0 radical (unpaired) electrons. The maximum Gasteiger partial charge on any atom is 0.243 e. The monoisotopic (exact) mass is 282 g/mol. The molecule has 0 aromatic heterocycles. The Kier molecular flexibility index (Phi) is 4.28. The van der Waals surface area contributed by atoms with Gasteiger partial charge in [0.25, 0.3) is 0 Å². The van der Waals surface area contributed by atoms with Crippen LogP contribution in [0.25, 0.3) is 0 Å². The number of benzene rings is 1. The van der Waals surface area contributed by atoms with Gasteiger partial charge in [0.1, 0.15) is 0 Å². The molecule has 2 N–H and O–H groups in total. The number of aryl methyl sites for hydroxylation is 2. The molecule has 1 fully saturated rings. The van der Waals surface area contributed by atoms with E-state index in [1.54, 1.807) is 16.4 Å². The predicted molar refractivity (Wildman–Crippen MR) is 76.5 cm³/mol. The number of rotatable bonds is 3. The van der Waals surface area contributed by atoms with Crippen molar-refractivity contribution in [2.24, 2.45) is 5.73 Å². The Bertz CT molecular complexity index is 555. The molecule has 4 nitrogen and oxygen atoms in total. The third-order valence-electron chi connectivity index (χ3n) is 3.93. The first-order valence-corrected chi connectivity index (χ1v) is 8.20. The first kappa shape index (κ1) is 14.5. The normalized spacial score (nSPS) is 21.5. The van der Waals surface area contributed by atoms with E-state index in [1.165, 1.54) is 0 Å².